The van der Waals surface area contributed by atoms with E-state index >= 15 is 0 Å². The van der Waals surface area contributed by atoms with Gasteiger partial charge in [-0.05, 0) is 85.9 Å². The van der Waals surface area contributed by atoms with Gasteiger partial charge in [-0.2, -0.15) is 0 Å². The molecule has 1 spiro atoms. The molecular formula is C30H46O4. The summed E-state index contributed by atoms with van der Waals surface area (Å²) in [5.74, 6) is 1.09. The summed E-state index contributed by atoms with van der Waals surface area (Å²) in [4.78, 5) is 27.6. The van der Waals surface area contributed by atoms with Crippen molar-refractivity contribution in [2.45, 2.75) is 118 Å². The van der Waals surface area contributed by atoms with E-state index in [2.05, 4.69) is 47.6 Å². The van der Waals surface area contributed by atoms with Gasteiger partial charge >= 0.3 is 5.97 Å². The molecule has 5 rings (SSSR count). The summed E-state index contributed by atoms with van der Waals surface area (Å²) in [6.45, 7) is 15.6. The van der Waals surface area contributed by atoms with Crippen LogP contribution >= 0.6 is 0 Å². The van der Waals surface area contributed by atoms with Gasteiger partial charge in [-0.1, -0.05) is 59.6 Å². The second kappa shape index (κ2) is 7.43. The minimum atomic E-state index is -0.711. The Morgan fingerprint density at radius 3 is 2.47 bits per heavy atom. The first-order valence-electron chi connectivity index (χ1n) is 13.9. The monoisotopic (exact) mass is 470 g/mol. The van der Waals surface area contributed by atoms with E-state index in [1.807, 2.05) is 6.92 Å². The van der Waals surface area contributed by atoms with Crippen molar-refractivity contribution in [1.82, 2.24) is 0 Å². The molecule has 4 heteroatoms. The van der Waals surface area contributed by atoms with Gasteiger partial charge in [0.05, 0.1) is 17.4 Å². The molecule has 0 bridgehead atoms. The second-order valence-corrected chi connectivity index (χ2v) is 14.3. The summed E-state index contributed by atoms with van der Waals surface area (Å²) in [6, 6.07) is 0. The van der Waals surface area contributed by atoms with Crippen LogP contribution in [0.2, 0.25) is 0 Å². The highest BCUT2D eigenvalue weighted by Gasteiger charge is 2.78. The normalized spacial score (nSPS) is 49.1. The van der Waals surface area contributed by atoms with Crippen LogP contribution in [0.5, 0.6) is 0 Å². The van der Waals surface area contributed by atoms with E-state index in [0.717, 1.165) is 44.9 Å². The molecule has 4 fully saturated rings. The summed E-state index contributed by atoms with van der Waals surface area (Å²) in [7, 11) is 0. The fourth-order valence-electron chi connectivity index (χ4n) is 9.99. The molecule has 1 saturated heterocycles. The zero-order chi connectivity index (χ0) is 24.9. The van der Waals surface area contributed by atoms with Gasteiger partial charge in [-0.15, -0.1) is 0 Å². The molecule has 1 aliphatic heterocycles. The minimum absolute atomic E-state index is 0.0283. The number of Topliss-reactive ketones (excluding diaryl/α,β-unsaturated/α-hetero) is 1. The molecule has 190 valence electrons. The maximum Gasteiger partial charge on any atom is 0.314 e. The number of cyclic esters (lactones) is 1. The number of hydrogen-bond acceptors (Lipinski definition) is 4. The molecule has 5 aliphatic rings. The number of ether oxygens (including phenoxy) is 1. The highest BCUT2D eigenvalue weighted by molar-refractivity contribution is 5.99. The van der Waals surface area contributed by atoms with E-state index in [1.54, 1.807) is 0 Å². The summed E-state index contributed by atoms with van der Waals surface area (Å²) in [5, 5.41) is 10.8. The fraction of sp³-hybridized carbons (Fsp3) is 0.867. The number of carbonyl (C=O) groups excluding carboxylic acids is 2. The molecule has 0 unspecified atom stereocenters. The molecule has 0 aromatic rings. The molecule has 0 amide bonds. The van der Waals surface area contributed by atoms with E-state index in [1.165, 1.54) is 5.57 Å². The zero-order valence-electron chi connectivity index (χ0n) is 22.5. The molecule has 4 nitrogen and oxygen atoms in total. The largest absolute Gasteiger partial charge is 0.458 e. The number of hydrogen-bond donors (Lipinski definition) is 1. The van der Waals surface area contributed by atoms with Crippen molar-refractivity contribution in [2.75, 3.05) is 0 Å². The van der Waals surface area contributed by atoms with E-state index in [-0.39, 0.29) is 45.9 Å². The highest BCUT2D eigenvalue weighted by Crippen LogP contribution is 2.75. The minimum Gasteiger partial charge on any atom is -0.458 e. The van der Waals surface area contributed by atoms with E-state index in [9.17, 15) is 14.7 Å². The standard InChI is InChI=1S/C30H46O4/c1-18(2)9-8-14-29(7)24-21(31)17-28(6)20-10-11-22-26(3,4)23(32)13-15-27(22,5)19(20)12-16-30(24,28)25(33)34-29/h12,18,20,22-24,32H,8-11,13-17H2,1-7H3/t20-,22+,23+,24-,27-,28+,29+,30-/m1/s1. The van der Waals surface area contributed by atoms with Crippen LogP contribution in [0.25, 0.3) is 0 Å². The van der Waals surface area contributed by atoms with Crippen molar-refractivity contribution >= 4 is 11.8 Å². The Bertz CT molecular complexity index is 932. The average Bonchev–Trinajstić information content (AvgIpc) is 3.11. The van der Waals surface area contributed by atoms with Gasteiger partial charge in [0.25, 0.3) is 0 Å². The molecule has 8 atom stereocenters. The average molecular weight is 471 g/mol. The lowest BCUT2D eigenvalue weighted by Gasteiger charge is -2.63. The topological polar surface area (TPSA) is 63.6 Å². The molecule has 1 heterocycles. The summed E-state index contributed by atoms with van der Waals surface area (Å²) in [5.41, 5.74) is -0.376. The summed E-state index contributed by atoms with van der Waals surface area (Å²) in [6.07, 6.45) is 9.96. The lowest BCUT2D eigenvalue weighted by molar-refractivity contribution is -0.163. The maximum atomic E-state index is 13.8. The Hall–Kier alpha value is -1.16. The number of rotatable bonds is 4. The van der Waals surface area contributed by atoms with Crippen LogP contribution in [0, 0.1) is 45.3 Å². The van der Waals surface area contributed by atoms with Crippen LogP contribution in [0.1, 0.15) is 106 Å². The molecule has 0 aromatic heterocycles. The van der Waals surface area contributed by atoms with Crippen LogP contribution in [0.3, 0.4) is 0 Å². The molecular weight excluding hydrogens is 424 g/mol. The van der Waals surface area contributed by atoms with Crippen molar-refractivity contribution in [3.8, 4) is 0 Å². The smallest absolute Gasteiger partial charge is 0.314 e. The molecule has 34 heavy (non-hydrogen) atoms. The third-order valence-electron chi connectivity index (χ3n) is 11.8. The van der Waals surface area contributed by atoms with Gasteiger partial charge in [0, 0.05) is 6.42 Å². The van der Waals surface area contributed by atoms with Crippen LogP contribution in [-0.2, 0) is 14.3 Å². The van der Waals surface area contributed by atoms with Crippen LogP contribution in [-0.4, -0.2) is 28.6 Å². The van der Waals surface area contributed by atoms with E-state index in [4.69, 9.17) is 4.74 Å². The summed E-state index contributed by atoms with van der Waals surface area (Å²) >= 11 is 0. The predicted octanol–water partition coefficient (Wildman–Crippen LogP) is 6.25. The van der Waals surface area contributed by atoms with Gasteiger partial charge in [0.2, 0.25) is 0 Å². The number of fused-ring (bicyclic) bond motifs is 4. The number of aliphatic hydroxyl groups excluding tert-OH is 1. The Morgan fingerprint density at radius 2 is 1.79 bits per heavy atom. The number of aliphatic hydroxyl groups is 1. The Morgan fingerprint density at radius 1 is 1.09 bits per heavy atom. The number of allylic oxidation sites excluding steroid dienone is 2. The highest BCUT2D eigenvalue weighted by atomic mass is 16.6. The molecule has 4 aliphatic carbocycles. The SMILES string of the molecule is CC(C)CCC[C@]1(C)OC(=O)[C@]23CC=C4[C@@H](CC[C@H]5C(C)(C)[C@@H](O)CC[C@]45C)[C@]2(C)CC(=O)[C@@H]31. The van der Waals surface area contributed by atoms with Crippen molar-refractivity contribution in [3.63, 3.8) is 0 Å². The van der Waals surface area contributed by atoms with Gasteiger partial charge < -0.3 is 9.84 Å². The second-order valence-electron chi connectivity index (χ2n) is 14.3. The maximum absolute atomic E-state index is 13.8. The Balaban J connectivity index is 1.54. The quantitative estimate of drug-likeness (QED) is 0.389. The first-order valence-corrected chi connectivity index (χ1v) is 13.9. The van der Waals surface area contributed by atoms with Gasteiger partial charge in [-0.3, -0.25) is 9.59 Å². The van der Waals surface area contributed by atoms with Crippen LogP contribution < -0.4 is 0 Å². The lowest BCUT2D eigenvalue weighted by atomic mass is 9.41. The molecule has 3 saturated carbocycles. The Labute approximate surface area is 206 Å². The summed E-state index contributed by atoms with van der Waals surface area (Å²) < 4.78 is 6.23. The zero-order valence-corrected chi connectivity index (χ0v) is 22.5. The first-order chi connectivity index (χ1) is 15.7. The predicted molar refractivity (Wildman–Crippen MR) is 133 cm³/mol. The molecule has 1 N–H and O–H groups in total. The third-order valence-corrected chi connectivity index (χ3v) is 11.8. The molecule has 0 radical (unpaired) electrons. The van der Waals surface area contributed by atoms with E-state index < -0.39 is 11.0 Å². The van der Waals surface area contributed by atoms with E-state index in [0.29, 0.717) is 24.7 Å². The van der Waals surface area contributed by atoms with Crippen molar-refractivity contribution in [1.29, 1.82) is 0 Å². The third kappa shape index (κ3) is 2.87. The van der Waals surface area contributed by atoms with Crippen molar-refractivity contribution in [2.24, 2.45) is 45.3 Å². The fourth-order valence-corrected chi connectivity index (χ4v) is 9.99. The number of carbonyl (C=O) groups is 2. The molecule has 0 aromatic carbocycles. The number of esters is 1. The lowest BCUT2D eigenvalue weighted by Crippen LogP contribution is -2.58. The Kier molecular flexibility index (Phi) is 5.36. The van der Waals surface area contributed by atoms with Crippen molar-refractivity contribution in [3.05, 3.63) is 11.6 Å². The van der Waals surface area contributed by atoms with Crippen LogP contribution in [0.15, 0.2) is 11.6 Å². The van der Waals surface area contributed by atoms with Crippen LogP contribution in [0.4, 0.5) is 0 Å². The van der Waals surface area contributed by atoms with Crippen molar-refractivity contribution < 1.29 is 19.4 Å². The van der Waals surface area contributed by atoms with Gasteiger partial charge in [-0.25, -0.2) is 0 Å². The van der Waals surface area contributed by atoms with Gasteiger partial charge in [0.1, 0.15) is 11.4 Å². The first kappa shape index (κ1) is 24.5. The number of ketones is 1. The van der Waals surface area contributed by atoms with Gasteiger partial charge in [0.15, 0.2) is 0 Å².